The molecule has 1 N–H and O–H groups in total. The molecule has 2 heterocycles. The van der Waals surface area contributed by atoms with Crippen LogP contribution in [0.4, 0.5) is 0 Å². The van der Waals surface area contributed by atoms with Crippen LogP contribution in [0.5, 0.6) is 0 Å². The van der Waals surface area contributed by atoms with E-state index in [-0.39, 0.29) is 18.9 Å². The van der Waals surface area contributed by atoms with Crippen molar-refractivity contribution < 1.29 is 13.2 Å². The maximum atomic E-state index is 12.3. The molecule has 116 valence electrons. The Balaban J connectivity index is 1.88. The second kappa shape index (κ2) is 6.41. The van der Waals surface area contributed by atoms with Crippen molar-refractivity contribution in [3.63, 3.8) is 0 Å². The number of amides is 1. The van der Waals surface area contributed by atoms with Crippen molar-refractivity contribution in [2.24, 2.45) is 0 Å². The molecule has 2 atom stereocenters. The summed E-state index contributed by atoms with van der Waals surface area (Å²) in [5.74, 6) is 0.0731. The lowest BCUT2D eigenvalue weighted by molar-refractivity contribution is -0.132. The molecule has 6 nitrogen and oxygen atoms in total. The quantitative estimate of drug-likeness (QED) is 0.777. The van der Waals surface area contributed by atoms with Crippen molar-refractivity contribution >= 4 is 15.9 Å². The van der Waals surface area contributed by atoms with E-state index in [0.717, 1.165) is 38.6 Å². The standard InChI is InChI=1S/C13H25N3O3S/c1-15-9-3-5-11(15)12-6-4-10-16(12)13(17)7-8-14-20(2,18)19/h11-12,14H,3-10H2,1-2H3/t11-,12-/m1/s1. The average molecular weight is 303 g/mol. The first-order chi connectivity index (χ1) is 9.38. The van der Waals surface area contributed by atoms with Crippen LogP contribution in [0.3, 0.4) is 0 Å². The number of likely N-dealkylation sites (N-methyl/N-ethyl adjacent to an activating group) is 1. The second-order valence-electron chi connectivity index (χ2n) is 5.90. The number of carbonyl (C=O) groups is 1. The number of carbonyl (C=O) groups excluding carboxylic acids is 1. The Bertz CT molecular complexity index is 452. The summed E-state index contributed by atoms with van der Waals surface area (Å²) in [6.07, 6.45) is 5.85. The van der Waals surface area contributed by atoms with Crippen molar-refractivity contribution in [3.8, 4) is 0 Å². The first-order valence-electron chi connectivity index (χ1n) is 7.33. The topological polar surface area (TPSA) is 69.7 Å². The van der Waals surface area contributed by atoms with Crippen molar-refractivity contribution in [1.29, 1.82) is 0 Å². The lowest BCUT2D eigenvalue weighted by Gasteiger charge is -2.33. The van der Waals surface area contributed by atoms with Gasteiger partial charge in [-0.25, -0.2) is 13.1 Å². The van der Waals surface area contributed by atoms with E-state index in [2.05, 4.69) is 16.7 Å². The zero-order valence-electron chi connectivity index (χ0n) is 12.3. The van der Waals surface area contributed by atoms with Gasteiger partial charge in [-0.2, -0.15) is 0 Å². The molecule has 0 spiro atoms. The van der Waals surface area contributed by atoms with Crippen LogP contribution in [0.25, 0.3) is 0 Å². The molecule has 2 fully saturated rings. The number of nitrogens with one attached hydrogen (secondary N) is 1. The normalized spacial score (nSPS) is 28.2. The Labute approximate surface area is 121 Å². The van der Waals surface area contributed by atoms with E-state index in [9.17, 15) is 13.2 Å². The highest BCUT2D eigenvalue weighted by molar-refractivity contribution is 7.88. The van der Waals surface area contributed by atoms with Crippen LogP contribution in [-0.4, -0.2) is 69.1 Å². The van der Waals surface area contributed by atoms with Crippen LogP contribution in [0.2, 0.25) is 0 Å². The summed E-state index contributed by atoms with van der Waals surface area (Å²) in [5.41, 5.74) is 0. The van der Waals surface area contributed by atoms with E-state index in [4.69, 9.17) is 0 Å². The van der Waals surface area contributed by atoms with E-state index in [1.165, 1.54) is 6.42 Å². The molecule has 1 amide bonds. The monoisotopic (exact) mass is 303 g/mol. The van der Waals surface area contributed by atoms with Crippen LogP contribution in [0.15, 0.2) is 0 Å². The van der Waals surface area contributed by atoms with Crippen molar-refractivity contribution in [1.82, 2.24) is 14.5 Å². The van der Waals surface area contributed by atoms with Crippen molar-refractivity contribution in [2.45, 2.75) is 44.2 Å². The van der Waals surface area contributed by atoms with E-state index < -0.39 is 10.0 Å². The van der Waals surface area contributed by atoms with E-state index in [1.54, 1.807) is 0 Å². The molecule has 0 unspecified atom stereocenters. The molecule has 0 radical (unpaired) electrons. The first kappa shape index (κ1) is 15.7. The van der Waals surface area contributed by atoms with Crippen LogP contribution in [0, 0.1) is 0 Å². The van der Waals surface area contributed by atoms with Crippen molar-refractivity contribution in [2.75, 3.05) is 32.9 Å². The van der Waals surface area contributed by atoms with Gasteiger partial charge in [0, 0.05) is 31.6 Å². The minimum atomic E-state index is -3.21. The SMILES string of the molecule is CN1CCC[C@@H]1[C@H]1CCCN1C(=O)CCNS(C)(=O)=O. The Kier molecular flexibility index (Phi) is 5.04. The number of hydrogen-bond acceptors (Lipinski definition) is 4. The molecule has 0 saturated carbocycles. The Hall–Kier alpha value is -0.660. The Morgan fingerprint density at radius 2 is 1.85 bits per heavy atom. The van der Waals surface area contributed by atoms with E-state index in [0.29, 0.717) is 12.1 Å². The Morgan fingerprint density at radius 1 is 1.20 bits per heavy atom. The molecule has 0 aromatic carbocycles. The molecular formula is C13H25N3O3S. The van der Waals surface area contributed by atoms with Gasteiger partial charge >= 0.3 is 0 Å². The maximum Gasteiger partial charge on any atom is 0.224 e. The van der Waals surface area contributed by atoms with Gasteiger partial charge < -0.3 is 9.80 Å². The molecular weight excluding hydrogens is 278 g/mol. The zero-order valence-corrected chi connectivity index (χ0v) is 13.2. The largest absolute Gasteiger partial charge is 0.338 e. The van der Waals surface area contributed by atoms with Gasteiger partial charge in [-0.1, -0.05) is 0 Å². The number of nitrogens with zero attached hydrogens (tertiary/aromatic N) is 2. The molecule has 2 rings (SSSR count). The van der Waals surface area contributed by atoms with Gasteiger partial charge in [0.2, 0.25) is 15.9 Å². The van der Waals surface area contributed by atoms with Gasteiger partial charge in [-0.3, -0.25) is 4.79 Å². The highest BCUT2D eigenvalue weighted by Crippen LogP contribution is 2.29. The number of hydrogen-bond donors (Lipinski definition) is 1. The fourth-order valence-electron chi connectivity index (χ4n) is 3.41. The number of sulfonamides is 1. The number of rotatable bonds is 5. The average Bonchev–Trinajstić information content (AvgIpc) is 2.94. The summed E-state index contributed by atoms with van der Waals surface area (Å²) >= 11 is 0. The van der Waals surface area contributed by atoms with Crippen LogP contribution < -0.4 is 4.72 Å². The summed E-state index contributed by atoms with van der Waals surface area (Å²) in [6, 6.07) is 0.789. The predicted molar refractivity (Wildman–Crippen MR) is 77.9 cm³/mol. The Morgan fingerprint density at radius 3 is 2.45 bits per heavy atom. The third-order valence-corrected chi connectivity index (χ3v) is 5.07. The molecule has 0 aromatic heterocycles. The van der Waals surface area contributed by atoms with Gasteiger partial charge in [0.15, 0.2) is 0 Å². The molecule has 2 aliphatic heterocycles. The minimum Gasteiger partial charge on any atom is -0.338 e. The van der Waals surface area contributed by atoms with Gasteiger partial charge in [0.25, 0.3) is 0 Å². The third-order valence-electron chi connectivity index (χ3n) is 4.34. The molecule has 2 aliphatic rings. The van der Waals surface area contributed by atoms with Gasteiger partial charge in [-0.05, 0) is 39.3 Å². The fraction of sp³-hybridized carbons (Fsp3) is 0.923. The molecule has 2 saturated heterocycles. The summed E-state index contributed by atoms with van der Waals surface area (Å²) in [4.78, 5) is 16.6. The number of likely N-dealkylation sites (tertiary alicyclic amines) is 2. The molecule has 20 heavy (non-hydrogen) atoms. The van der Waals surface area contributed by atoms with E-state index >= 15 is 0 Å². The maximum absolute atomic E-state index is 12.3. The lowest BCUT2D eigenvalue weighted by Crippen LogP contribution is -2.47. The fourth-order valence-corrected chi connectivity index (χ4v) is 3.88. The molecule has 0 aromatic rings. The lowest BCUT2D eigenvalue weighted by atomic mass is 10.0. The zero-order chi connectivity index (χ0) is 14.8. The first-order valence-corrected chi connectivity index (χ1v) is 9.22. The van der Waals surface area contributed by atoms with Crippen LogP contribution in [-0.2, 0) is 14.8 Å². The molecule has 0 aliphatic carbocycles. The highest BCUT2D eigenvalue weighted by Gasteiger charge is 2.37. The highest BCUT2D eigenvalue weighted by atomic mass is 32.2. The van der Waals surface area contributed by atoms with Gasteiger partial charge in [0.1, 0.15) is 0 Å². The molecule has 0 bridgehead atoms. The summed E-state index contributed by atoms with van der Waals surface area (Å²) in [6.45, 7) is 2.12. The third kappa shape index (κ3) is 3.93. The van der Waals surface area contributed by atoms with Gasteiger partial charge in [-0.15, -0.1) is 0 Å². The second-order valence-corrected chi connectivity index (χ2v) is 7.74. The summed E-state index contributed by atoms with van der Waals surface area (Å²) < 4.78 is 24.4. The summed E-state index contributed by atoms with van der Waals surface area (Å²) in [7, 11) is -1.08. The van der Waals surface area contributed by atoms with Crippen molar-refractivity contribution in [3.05, 3.63) is 0 Å². The molecule has 7 heteroatoms. The van der Waals surface area contributed by atoms with Crippen LogP contribution in [0.1, 0.15) is 32.1 Å². The summed E-state index contributed by atoms with van der Waals surface area (Å²) in [5, 5.41) is 0. The van der Waals surface area contributed by atoms with Crippen LogP contribution >= 0.6 is 0 Å². The smallest absolute Gasteiger partial charge is 0.224 e. The minimum absolute atomic E-state index is 0.0731. The van der Waals surface area contributed by atoms with Gasteiger partial charge in [0.05, 0.1) is 6.26 Å². The predicted octanol–water partition coefficient (Wildman–Crippen LogP) is 0.0109. The van der Waals surface area contributed by atoms with E-state index in [1.807, 2.05) is 4.90 Å².